The number of ether oxygens (including phenoxy) is 2. The lowest BCUT2D eigenvalue weighted by atomic mass is 9.95. The second kappa shape index (κ2) is 7.67. The number of alkyl halides is 1. The number of rotatable bonds is 7. The smallest absolute Gasteiger partial charge is 0.157 e. The van der Waals surface area contributed by atoms with Gasteiger partial charge in [-0.3, -0.25) is 0 Å². The van der Waals surface area contributed by atoms with E-state index in [0.717, 1.165) is 25.0 Å². The second-order valence-electron chi connectivity index (χ2n) is 5.46. The molecule has 1 aliphatic heterocycles. The molecule has 96 valence electrons. The van der Waals surface area contributed by atoms with Gasteiger partial charge in [0.15, 0.2) is 6.29 Å². The molecule has 0 radical (unpaired) electrons. The van der Waals surface area contributed by atoms with Crippen LogP contribution in [0.3, 0.4) is 0 Å². The first-order chi connectivity index (χ1) is 7.64. The van der Waals surface area contributed by atoms with Gasteiger partial charge < -0.3 is 9.47 Å². The zero-order valence-corrected chi connectivity index (χ0v) is 12.2. The van der Waals surface area contributed by atoms with E-state index in [1.807, 2.05) is 0 Å². The molecule has 2 nitrogen and oxygen atoms in total. The fraction of sp³-hybridized carbons (Fsp3) is 1.00. The monoisotopic (exact) mass is 292 g/mol. The summed E-state index contributed by atoms with van der Waals surface area (Å²) < 4.78 is 11.4. The van der Waals surface area contributed by atoms with Crippen LogP contribution in [-0.2, 0) is 9.47 Å². The van der Waals surface area contributed by atoms with Crippen LogP contribution in [0.15, 0.2) is 0 Å². The van der Waals surface area contributed by atoms with Crippen molar-refractivity contribution in [3.05, 3.63) is 0 Å². The van der Waals surface area contributed by atoms with Crippen molar-refractivity contribution in [1.82, 2.24) is 0 Å². The molecule has 16 heavy (non-hydrogen) atoms. The Kier molecular flexibility index (Phi) is 6.94. The molecule has 0 N–H and O–H groups in total. The Hall–Kier alpha value is 0.400. The first kappa shape index (κ1) is 14.5. The number of hydrogen-bond donors (Lipinski definition) is 0. The van der Waals surface area contributed by atoms with Crippen molar-refractivity contribution in [1.29, 1.82) is 0 Å². The number of unbranched alkanes of at least 4 members (excludes halogenated alkanes) is 4. The molecule has 3 heteroatoms. The lowest BCUT2D eigenvalue weighted by molar-refractivity contribution is -0.224. The van der Waals surface area contributed by atoms with Gasteiger partial charge in [-0.25, -0.2) is 0 Å². The molecule has 0 amide bonds. The summed E-state index contributed by atoms with van der Waals surface area (Å²) >= 11 is 3.45. The fourth-order valence-corrected chi connectivity index (χ4v) is 2.23. The predicted molar refractivity (Wildman–Crippen MR) is 71.0 cm³/mol. The van der Waals surface area contributed by atoms with Crippen LogP contribution >= 0.6 is 15.9 Å². The summed E-state index contributed by atoms with van der Waals surface area (Å²) in [6.45, 7) is 6.04. The standard InChI is InChI=1S/C13H25BrO2/c1-13(2)10-15-12(16-11-13)8-6-4-3-5-7-9-14/h12H,3-11H2,1-2H3. The Balaban J connectivity index is 1.94. The van der Waals surface area contributed by atoms with E-state index in [4.69, 9.17) is 9.47 Å². The number of halogens is 1. The van der Waals surface area contributed by atoms with Crippen molar-refractivity contribution in [3.8, 4) is 0 Å². The zero-order valence-electron chi connectivity index (χ0n) is 10.6. The van der Waals surface area contributed by atoms with Gasteiger partial charge in [-0.2, -0.15) is 0 Å². The summed E-state index contributed by atoms with van der Waals surface area (Å²) in [5, 5.41) is 1.14. The molecule has 1 rings (SSSR count). The van der Waals surface area contributed by atoms with Gasteiger partial charge >= 0.3 is 0 Å². The van der Waals surface area contributed by atoms with E-state index in [1.54, 1.807) is 0 Å². The molecule has 1 aliphatic rings. The van der Waals surface area contributed by atoms with Crippen molar-refractivity contribution in [2.45, 2.75) is 58.7 Å². The van der Waals surface area contributed by atoms with E-state index < -0.39 is 0 Å². The number of hydrogen-bond acceptors (Lipinski definition) is 2. The Labute approximate surface area is 108 Å². The summed E-state index contributed by atoms with van der Waals surface area (Å²) in [6, 6.07) is 0. The van der Waals surface area contributed by atoms with E-state index in [2.05, 4.69) is 29.8 Å². The van der Waals surface area contributed by atoms with E-state index in [-0.39, 0.29) is 11.7 Å². The largest absolute Gasteiger partial charge is 0.352 e. The average Bonchev–Trinajstić information content (AvgIpc) is 2.25. The molecule has 0 aromatic rings. The third-order valence-electron chi connectivity index (χ3n) is 2.89. The first-order valence-corrected chi connectivity index (χ1v) is 7.55. The minimum absolute atomic E-state index is 0.0594. The molecular weight excluding hydrogens is 268 g/mol. The van der Waals surface area contributed by atoms with Crippen LogP contribution < -0.4 is 0 Å². The quantitative estimate of drug-likeness (QED) is 0.519. The molecule has 0 bridgehead atoms. The van der Waals surface area contributed by atoms with Gasteiger partial charge in [0.05, 0.1) is 13.2 Å². The molecule has 1 heterocycles. The minimum Gasteiger partial charge on any atom is -0.352 e. The van der Waals surface area contributed by atoms with Gasteiger partial charge in [0, 0.05) is 10.7 Å². The molecule has 0 aliphatic carbocycles. The van der Waals surface area contributed by atoms with Crippen LogP contribution in [0.25, 0.3) is 0 Å². The van der Waals surface area contributed by atoms with Gasteiger partial charge in [-0.1, -0.05) is 49.0 Å². The van der Waals surface area contributed by atoms with Crippen LogP contribution in [0.1, 0.15) is 52.4 Å². The topological polar surface area (TPSA) is 18.5 Å². The van der Waals surface area contributed by atoms with E-state index in [9.17, 15) is 0 Å². The van der Waals surface area contributed by atoms with Crippen LogP contribution in [-0.4, -0.2) is 24.8 Å². The Morgan fingerprint density at radius 1 is 1.00 bits per heavy atom. The molecule has 1 saturated heterocycles. The maximum atomic E-state index is 5.69. The van der Waals surface area contributed by atoms with Gasteiger partial charge in [-0.15, -0.1) is 0 Å². The molecule has 0 spiro atoms. The summed E-state index contributed by atoms with van der Waals surface area (Å²) in [6.07, 6.45) is 7.63. The highest BCUT2D eigenvalue weighted by molar-refractivity contribution is 9.09. The van der Waals surface area contributed by atoms with Crippen LogP contribution in [0.2, 0.25) is 0 Å². The van der Waals surface area contributed by atoms with Crippen molar-refractivity contribution in [3.63, 3.8) is 0 Å². The van der Waals surface area contributed by atoms with E-state index in [0.29, 0.717) is 0 Å². The maximum absolute atomic E-state index is 5.69. The highest BCUT2D eigenvalue weighted by Crippen LogP contribution is 2.25. The summed E-state index contributed by atoms with van der Waals surface area (Å²) in [7, 11) is 0. The van der Waals surface area contributed by atoms with E-state index >= 15 is 0 Å². The molecule has 0 atom stereocenters. The SMILES string of the molecule is CC1(C)COC(CCCCCCCBr)OC1. The summed E-state index contributed by atoms with van der Waals surface area (Å²) in [5.41, 5.74) is 0.201. The Morgan fingerprint density at radius 3 is 2.19 bits per heavy atom. The van der Waals surface area contributed by atoms with Gasteiger partial charge in [-0.05, 0) is 19.3 Å². The summed E-state index contributed by atoms with van der Waals surface area (Å²) in [4.78, 5) is 0. The molecular formula is C13H25BrO2. The van der Waals surface area contributed by atoms with Crippen molar-refractivity contribution < 1.29 is 9.47 Å². The maximum Gasteiger partial charge on any atom is 0.157 e. The molecule has 1 fully saturated rings. The second-order valence-corrected chi connectivity index (χ2v) is 6.25. The lowest BCUT2D eigenvalue weighted by Crippen LogP contribution is -2.37. The molecule has 0 saturated carbocycles. The summed E-state index contributed by atoms with van der Waals surface area (Å²) in [5.74, 6) is 0. The van der Waals surface area contributed by atoms with Gasteiger partial charge in [0.25, 0.3) is 0 Å². The van der Waals surface area contributed by atoms with Gasteiger partial charge in [0.1, 0.15) is 0 Å². The molecule has 0 aromatic carbocycles. The van der Waals surface area contributed by atoms with Gasteiger partial charge in [0.2, 0.25) is 0 Å². The fourth-order valence-electron chi connectivity index (χ4n) is 1.83. The first-order valence-electron chi connectivity index (χ1n) is 6.43. The Morgan fingerprint density at radius 2 is 1.56 bits per heavy atom. The van der Waals surface area contributed by atoms with Crippen LogP contribution in [0.5, 0.6) is 0 Å². The Bertz CT molecular complexity index is 173. The van der Waals surface area contributed by atoms with Crippen LogP contribution in [0, 0.1) is 5.41 Å². The molecule has 0 unspecified atom stereocenters. The predicted octanol–water partition coefficient (Wildman–Crippen LogP) is 4.12. The van der Waals surface area contributed by atoms with E-state index in [1.165, 1.54) is 32.1 Å². The van der Waals surface area contributed by atoms with Crippen molar-refractivity contribution in [2.24, 2.45) is 5.41 Å². The zero-order chi connectivity index (χ0) is 11.9. The van der Waals surface area contributed by atoms with Crippen molar-refractivity contribution >= 4 is 15.9 Å². The normalized spacial score (nSPS) is 21.2. The third-order valence-corrected chi connectivity index (χ3v) is 3.45. The highest BCUT2D eigenvalue weighted by atomic mass is 79.9. The third kappa shape index (κ3) is 6.21. The average molecular weight is 293 g/mol. The van der Waals surface area contributed by atoms with Crippen molar-refractivity contribution in [2.75, 3.05) is 18.5 Å². The lowest BCUT2D eigenvalue weighted by Gasteiger charge is -2.34. The minimum atomic E-state index is 0.0594. The van der Waals surface area contributed by atoms with Crippen LogP contribution in [0.4, 0.5) is 0 Å². The highest BCUT2D eigenvalue weighted by Gasteiger charge is 2.27. The molecule has 0 aromatic heterocycles.